The molecule has 0 aromatic heterocycles. The Labute approximate surface area is 172 Å². The molecule has 0 saturated carbocycles. The predicted octanol–water partition coefficient (Wildman–Crippen LogP) is 6.12. The first kappa shape index (κ1) is 20.0. The van der Waals surface area contributed by atoms with Crippen LogP contribution in [0, 0.1) is 10.1 Å². The molecule has 0 spiro atoms. The van der Waals surface area contributed by atoms with Crippen molar-refractivity contribution in [1.29, 1.82) is 0 Å². The van der Waals surface area contributed by atoms with Gasteiger partial charge in [-0.15, -0.1) is 0 Å². The van der Waals surface area contributed by atoms with Crippen LogP contribution in [0.15, 0.2) is 84.9 Å². The number of nitrogens with one attached hydrogen (secondary N) is 1. The fraction of sp³-hybridized carbons (Fsp3) is 0. The Morgan fingerprint density at radius 1 is 0.862 bits per heavy atom. The molecular weight excluding hydrogens is 390 g/mol. The number of nitrogens with zero attached hydrogens (tertiary/aromatic N) is 1. The van der Waals surface area contributed by atoms with E-state index in [4.69, 9.17) is 22.4 Å². The molecule has 0 atom stereocenters. The first-order valence-electron chi connectivity index (χ1n) is 8.67. The molecule has 0 amide bonds. The van der Waals surface area contributed by atoms with Crippen LogP contribution in [0.4, 0.5) is 22.7 Å². The number of nitrogen functional groups attached to an aromatic ring is 1. The van der Waals surface area contributed by atoms with Crippen LogP contribution < -0.4 is 11.1 Å². The molecule has 0 fully saturated rings. The number of rotatable bonds is 3. The van der Waals surface area contributed by atoms with Crippen molar-refractivity contribution in [3.63, 3.8) is 0 Å². The van der Waals surface area contributed by atoms with Crippen molar-refractivity contribution in [2.45, 2.75) is 0 Å². The minimum atomic E-state index is -0.693. The van der Waals surface area contributed by atoms with E-state index in [9.17, 15) is 10.1 Å². The number of para-hydroxylation sites is 1. The number of hydrogen-bond acceptors (Lipinski definition) is 5. The maximum atomic E-state index is 10.3. The second-order valence-electron chi connectivity index (χ2n) is 6.17. The highest BCUT2D eigenvalue weighted by atomic mass is 35.5. The average Bonchev–Trinajstić information content (AvgIpc) is 2.72. The summed E-state index contributed by atoms with van der Waals surface area (Å²) in [5.74, 6) is -0.342. The van der Waals surface area contributed by atoms with Gasteiger partial charge in [-0.05, 0) is 41.1 Å². The Hall–Kier alpha value is -3.77. The topological polar surface area (TPSA) is 101 Å². The van der Waals surface area contributed by atoms with Gasteiger partial charge in [0.1, 0.15) is 10.8 Å². The molecule has 4 aromatic rings. The van der Waals surface area contributed by atoms with Crippen molar-refractivity contribution in [2.24, 2.45) is 0 Å². The molecule has 4 aromatic carbocycles. The Balaban J connectivity index is 0.000000177. The second-order valence-corrected chi connectivity index (χ2v) is 6.58. The van der Waals surface area contributed by atoms with Crippen molar-refractivity contribution in [1.82, 2.24) is 0 Å². The maximum absolute atomic E-state index is 10.3. The lowest BCUT2D eigenvalue weighted by atomic mass is 10.1. The van der Waals surface area contributed by atoms with Crippen LogP contribution in [-0.4, -0.2) is 10.0 Å². The highest BCUT2D eigenvalue weighted by Gasteiger charge is 2.14. The van der Waals surface area contributed by atoms with Gasteiger partial charge in [-0.2, -0.15) is 0 Å². The zero-order valence-electron chi connectivity index (χ0n) is 15.2. The zero-order chi connectivity index (χ0) is 20.8. The van der Waals surface area contributed by atoms with Crippen molar-refractivity contribution in [3.8, 4) is 5.75 Å². The number of nitrogens with two attached hydrogens (primary N) is 1. The third-order valence-corrected chi connectivity index (χ3v) is 4.41. The van der Waals surface area contributed by atoms with Gasteiger partial charge in [0.25, 0.3) is 5.69 Å². The third kappa shape index (κ3) is 5.15. The largest absolute Gasteiger partial charge is 0.506 e. The SMILES string of the molecule is Nc1cc(Cl)c([N+](=O)[O-])cc1O.c1ccc(Nc2ccc3ccccc3c2)cc1. The highest BCUT2D eigenvalue weighted by molar-refractivity contribution is 6.33. The first-order valence-corrected chi connectivity index (χ1v) is 9.05. The van der Waals surface area contributed by atoms with Crippen molar-refractivity contribution in [2.75, 3.05) is 11.1 Å². The van der Waals surface area contributed by atoms with Gasteiger partial charge in [-0.25, -0.2) is 0 Å². The third-order valence-electron chi connectivity index (χ3n) is 4.10. The molecule has 146 valence electrons. The van der Waals surface area contributed by atoms with E-state index in [2.05, 4.69) is 59.9 Å². The van der Waals surface area contributed by atoms with Crippen LogP contribution in [-0.2, 0) is 0 Å². The Morgan fingerprint density at radius 2 is 1.52 bits per heavy atom. The number of halogens is 1. The summed E-state index contributed by atoms with van der Waals surface area (Å²) in [5, 5.41) is 25.1. The summed E-state index contributed by atoms with van der Waals surface area (Å²) in [5.41, 5.74) is 7.13. The summed E-state index contributed by atoms with van der Waals surface area (Å²) in [6.45, 7) is 0. The van der Waals surface area contributed by atoms with Crippen LogP contribution in [0.3, 0.4) is 0 Å². The Kier molecular flexibility index (Phi) is 6.16. The van der Waals surface area contributed by atoms with Crippen LogP contribution in [0.5, 0.6) is 5.75 Å². The van der Waals surface area contributed by atoms with Gasteiger partial charge in [0, 0.05) is 11.4 Å². The molecule has 0 aliphatic carbocycles. The van der Waals surface area contributed by atoms with E-state index >= 15 is 0 Å². The van der Waals surface area contributed by atoms with Crippen LogP contribution in [0.1, 0.15) is 0 Å². The Bertz CT molecular complexity index is 1150. The molecule has 4 N–H and O–H groups in total. The molecule has 0 saturated heterocycles. The number of benzene rings is 4. The lowest BCUT2D eigenvalue weighted by Gasteiger charge is -2.07. The molecule has 29 heavy (non-hydrogen) atoms. The number of hydrogen-bond donors (Lipinski definition) is 3. The monoisotopic (exact) mass is 407 g/mol. The summed E-state index contributed by atoms with van der Waals surface area (Å²) in [6, 6.07) is 27.1. The van der Waals surface area contributed by atoms with E-state index in [1.54, 1.807) is 0 Å². The maximum Gasteiger partial charge on any atom is 0.291 e. The molecule has 0 aliphatic heterocycles. The quantitative estimate of drug-likeness (QED) is 0.164. The van der Waals surface area contributed by atoms with Gasteiger partial charge in [0.05, 0.1) is 16.7 Å². The lowest BCUT2D eigenvalue weighted by molar-refractivity contribution is -0.384. The molecule has 0 aliphatic rings. The summed E-state index contributed by atoms with van der Waals surface area (Å²) in [6.07, 6.45) is 0. The fourth-order valence-corrected chi connectivity index (χ4v) is 2.90. The van der Waals surface area contributed by atoms with Crippen molar-refractivity contribution < 1.29 is 10.0 Å². The highest BCUT2D eigenvalue weighted by Crippen LogP contribution is 2.32. The minimum Gasteiger partial charge on any atom is -0.506 e. The van der Waals surface area contributed by atoms with E-state index in [-0.39, 0.29) is 22.1 Å². The molecule has 6 nitrogen and oxygen atoms in total. The van der Waals surface area contributed by atoms with Crippen molar-refractivity contribution in [3.05, 3.63) is 100 Å². The molecule has 0 unspecified atom stereocenters. The standard InChI is InChI=1S/C16H13N.C6H5ClN2O3/c1-2-8-15(9-3-1)17-16-11-10-13-6-4-5-7-14(13)12-16;7-3-1-4(8)6(10)2-5(3)9(11)12/h1-12,17H;1-2,10H,8H2. The van der Waals surface area contributed by atoms with Gasteiger partial charge in [-0.1, -0.05) is 60.1 Å². The van der Waals surface area contributed by atoms with Crippen LogP contribution in [0.25, 0.3) is 10.8 Å². The summed E-state index contributed by atoms with van der Waals surface area (Å²) >= 11 is 5.46. The molecule has 0 bridgehead atoms. The molecule has 0 radical (unpaired) electrons. The molecule has 0 heterocycles. The van der Waals surface area contributed by atoms with E-state index in [0.29, 0.717) is 0 Å². The first-order chi connectivity index (χ1) is 13.9. The smallest absolute Gasteiger partial charge is 0.291 e. The van der Waals surface area contributed by atoms with Crippen LogP contribution in [0.2, 0.25) is 5.02 Å². The minimum absolute atomic E-state index is 0.0191. The molecule has 4 rings (SSSR count). The lowest BCUT2D eigenvalue weighted by Crippen LogP contribution is -1.92. The Morgan fingerprint density at radius 3 is 2.21 bits per heavy atom. The summed E-state index contributed by atoms with van der Waals surface area (Å²) in [4.78, 5) is 9.56. The summed E-state index contributed by atoms with van der Waals surface area (Å²) in [7, 11) is 0. The zero-order valence-corrected chi connectivity index (χ0v) is 16.0. The van der Waals surface area contributed by atoms with Gasteiger partial charge in [0.15, 0.2) is 0 Å². The van der Waals surface area contributed by atoms with E-state index in [1.807, 2.05) is 18.2 Å². The number of nitro benzene ring substituents is 1. The van der Waals surface area contributed by atoms with E-state index in [1.165, 1.54) is 10.8 Å². The van der Waals surface area contributed by atoms with Gasteiger partial charge in [-0.3, -0.25) is 10.1 Å². The van der Waals surface area contributed by atoms with Gasteiger partial charge in [0.2, 0.25) is 0 Å². The molecular formula is C22H18ClN3O3. The second kappa shape index (κ2) is 8.95. The van der Waals surface area contributed by atoms with E-state index < -0.39 is 4.92 Å². The predicted molar refractivity (Wildman–Crippen MR) is 118 cm³/mol. The van der Waals surface area contributed by atoms with E-state index in [0.717, 1.165) is 23.5 Å². The summed E-state index contributed by atoms with van der Waals surface area (Å²) < 4.78 is 0. The number of anilines is 3. The number of nitro groups is 1. The molecule has 7 heteroatoms. The van der Waals surface area contributed by atoms with Gasteiger partial charge >= 0.3 is 0 Å². The normalized spacial score (nSPS) is 10.1. The number of phenolic OH excluding ortho intramolecular Hbond substituents is 1. The van der Waals surface area contributed by atoms with Crippen molar-refractivity contribution >= 4 is 45.1 Å². The van der Waals surface area contributed by atoms with Gasteiger partial charge < -0.3 is 16.2 Å². The number of fused-ring (bicyclic) bond motifs is 1. The number of phenols is 1. The number of aromatic hydroxyl groups is 1. The average molecular weight is 408 g/mol. The fourth-order valence-electron chi connectivity index (χ4n) is 2.66. The van der Waals surface area contributed by atoms with Crippen LogP contribution >= 0.6 is 11.6 Å².